The minimum atomic E-state index is -1.18. The number of piperazine rings is 1. The first-order valence-electron chi connectivity index (χ1n) is 10.9. The fraction of sp³-hybridized carbons (Fsp3) is 0.480. The van der Waals surface area contributed by atoms with Crippen LogP contribution in [0, 0.1) is 0 Å². The highest BCUT2D eigenvalue weighted by Gasteiger charge is 2.26. The summed E-state index contributed by atoms with van der Waals surface area (Å²) in [5.74, 6) is -0.247. The van der Waals surface area contributed by atoms with Crippen molar-refractivity contribution < 1.29 is 20.1 Å². The van der Waals surface area contributed by atoms with Gasteiger partial charge in [-0.3, -0.25) is 14.6 Å². The third-order valence-corrected chi connectivity index (χ3v) is 5.80. The maximum absolute atomic E-state index is 12.0. The highest BCUT2D eigenvalue weighted by atomic mass is 16.3. The van der Waals surface area contributed by atoms with Crippen LogP contribution in [0.15, 0.2) is 48.5 Å². The van der Waals surface area contributed by atoms with E-state index >= 15 is 0 Å². The van der Waals surface area contributed by atoms with Crippen molar-refractivity contribution in [3.8, 4) is 0 Å². The summed E-state index contributed by atoms with van der Waals surface area (Å²) in [7, 11) is 0. The third kappa shape index (κ3) is 6.45. The van der Waals surface area contributed by atoms with Crippen molar-refractivity contribution in [3.05, 3.63) is 70.8 Å². The molecule has 1 aliphatic heterocycles. The maximum Gasteiger partial charge on any atom is 0.190 e. The van der Waals surface area contributed by atoms with Gasteiger partial charge in [0, 0.05) is 44.8 Å². The molecule has 0 spiro atoms. The predicted molar refractivity (Wildman–Crippen MR) is 121 cm³/mol. The minimum Gasteiger partial charge on any atom is -0.387 e. The molecule has 2 aromatic rings. The normalized spacial score (nSPS) is 18.0. The molecule has 1 aliphatic rings. The number of nitrogens with zero attached hydrogens (tertiary/aromatic N) is 2. The number of carbonyl (C=O) groups is 1. The number of hydrogen-bond acceptors (Lipinski definition) is 6. The zero-order valence-corrected chi connectivity index (χ0v) is 18.7. The smallest absolute Gasteiger partial charge is 0.190 e. The quantitative estimate of drug-likeness (QED) is 0.562. The number of ketones is 1. The van der Waals surface area contributed by atoms with Crippen LogP contribution in [0.1, 0.15) is 53.9 Å². The highest BCUT2D eigenvalue weighted by Crippen LogP contribution is 2.26. The second-order valence-corrected chi connectivity index (χ2v) is 9.09. The Hall–Kier alpha value is -2.09. The van der Waals surface area contributed by atoms with Crippen molar-refractivity contribution in [2.75, 3.05) is 26.2 Å². The van der Waals surface area contributed by atoms with Crippen molar-refractivity contribution >= 4 is 5.78 Å². The lowest BCUT2D eigenvalue weighted by Gasteiger charge is -2.35. The minimum absolute atomic E-state index is 0.247. The van der Waals surface area contributed by atoms with Gasteiger partial charge >= 0.3 is 0 Å². The molecular formula is C25H34N2O4. The number of benzene rings is 2. The topological polar surface area (TPSA) is 84.2 Å². The van der Waals surface area contributed by atoms with E-state index in [4.69, 9.17) is 0 Å². The molecule has 31 heavy (non-hydrogen) atoms. The molecule has 0 amide bonds. The highest BCUT2D eigenvalue weighted by molar-refractivity contribution is 5.99. The first-order valence-corrected chi connectivity index (χ1v) is 10.9. The molecule has 0 aliphatic carbocycles. The molecule has 6 nitrogen and oxygen atoms in total. The van der Waals surface area contributed by atoms with Gasteiger partial charge in [-0.2, -0.15) is 0 Å². The van der Waals surface area contributed by atoms with E-state index in [9.17, 15) is 20.1 Å². The first-order chi connectivity index (χ1) is 14.6. The van der Waals surface area contributed by atoms with E-state index in [0.29, 0.717) is 5.56 Å². The summed E-state index contributed by atoms with van der Waals surface area (Å²) in [5.41, 5.74) is 2.31. The summed E-state index contributed by atoms with van der Waals surface area (Å²) in [6, 6.07) is 15.3. The van der Waals surface area contributed by atoms with Crippen LogP contribution >= 0.6 is 0 Å². The molecule has 2 atom stereocenters. The fourth-order valence-electron chi connectivity index (χ4n) is 3.96. The fourth-order valence-corrected chi connectivity index (χ4v) is 3.96. The van der Waals surface area contributed by atoms with Crippen molar-refractivity contribution in [2.45, 2.75) is 51.7 Å². The molecule has 3 N–H and O–H groups in total. The summed E-state index contributed by atoms with van der Waals surface area (Å²) >= 11 is 0. The van der Waals surface area contributed by atoms with Crippen LogP contribution in [0.3, 0.4) is 0 Å². The van der Waals surface area contributed by atoms with Crippen LogP contribution < -0.4 is 0 Å². The molecule has 1 saturated heterocycles. The van der Waals surface area contributed by atoms with E-state index in [-0.39, 0.29) is 5.78 Å². The van der Waals surface area contributed by atoms with Gasteiger partial charge in [0.05, 0.1) is 5.60 Å². The zero-order chi connectivity index (χ0) is 22.6. The number of carbonyl (C=O) groups excluding carboxylic acids is 1. The van der Waals surface area contributed by atoms with Crippen LogP contribution in [-0.2, 0) is 13.1 Å². The van der Waals surface area contributed by atoms with Crippen molar-refractivity contribution in [3.63, 3.8) is 0 Å². The van der Waals surface area contributed by atoms with E-state index in [1.807, 2.05) is 36.4 Å². The third-order valence-electron chi connectivity index (χ3n) is 5.80. The van der Waals surface area contributed by atoms with Crippen LogP contribution in [0.2, 0.25) is 0 Å². The molecule has 0 saturated carbocycles. The Morgan fingerprint density at radius 2 is 1.45 bits per heavy atom. The van der Waals surface area contributed by atoms with Crippen molar-refractivity contribution in [1.29, 1.82) is 0 Å². The van der Waals surface area contributed by atoms with Crippen LogP contribution in [0.25, 0.3) is 0 Å². The Morgan fingerprint density at radius 3 is 1.97 bits per heavy atom. The summed E-state index contributed by atoms with van der Waals surface area (Å²) < 4.78 is 0. The van der Waals surface area contributed by atoms with Gasteiger partial charge in [0.1, 0.15) is 12.2 Å². The lowest BCUT2D eigenvalue weighted by atomic mass is 9.94. The summed E-state index contributed by atoms with van der Waals surface area (Å²) in [4.78, 5) is 16.8. The van der Waals surface area contributed by atoms with E-state index in [1.54, 1.807) is 19.9 Å². The van der Waals surface area contributed by atoms with Gasteiger partial charge in [-0.05, 0) is 43.5 Å². The van der Waals surface area contributed by atoms with Crippen LogP contribution in [0.5, 0.6) is 0 Å². The van der Waals surface area contributed by atoms with Crippen LogP contribution in [0.4, 0.5) is 0 Å². The van der Waals surface area contributed by atoms with Gasteiger partial charge in [0.15, 0.2) is 5.78 Å². The number of hydrogen-bond donors (Lipinski definition) is 3. The maximum atomic E-state index is 12.0. The molecule has 1 fully saturated rings. The Kier molecular flexibility index (Phi) is 7.62. The molecule has 1 heterocycles. The van der Waals surface area contributed by atoms with E-state index in [1.165, 1.54) is 6.92 Å². The summed E-state index contributed by atoms with van der Waals surface area (Å²) in [6.07, 6.45) is -1.90. The Balaban J connectivity index is 1.54. The largest absolute Gasteiger partial charge is 0.387 e. The number of Topliss-reactive ketones (excluding diaryl/α,β-unsaturated/α-hetero) is 1. The predicted octanol–water partition coefficient (Wildman–Crippen LogP) is 2.37. The second kappa shape index (κ2) is 10.0. The monoisotopic (exact) mass is 426 g/mol. The Bertz CT molecular complexity index is 883. The van der Waals surface area contributed by atoms with Gasteiger partial charge in [0.25, 0.3) is 0 Å². The molecule has 168 valence electrons. The van der Waals surface area contributed by atoms with Gasteiger partial charge < -0.3 is 15.3 Å². The second-order valence-electron chi connectivity index (χ2n) is 9.09. The lowest BCUT2D eigenvalue weighted by Crippen LogP contribution is -2.45. The van der Waals surface area contributed by atoms with Crippen molar-refractivity contribution in [2.24, 2.45) is 0 Å². The first kappa shape index (κ1) is 23.6. The number of aliphatic hydroxyl groups excluding tert-OH is 2. The van der Waals surface area contributed by atoms with E-state index < -0.39 is 17.8 Å². The zero-order valence-electron chi connectivity index (χ0n) is 18.7. The number of aliphatic hydroxyl groups is 3. The van der Waals surface area contributed by atoms with Gasteiger partial charge in [0.2, 0.25) is 0 Å². The molecule has 0 radical (unpaired) electrons. The van der Waals surface area contributed by atoms with E-state index in [0.717, 1.165) is 56.0 Å². The van der Waals surface area contributed by atoms with Gasteiger partial charge in [-0.15, -0.1) is 0 Å². The molecular weight excluding hydrogens is 392 g/mol. The van der Waals surface area contributed by atoms with Crippen LogP contribution in [-0.4, -0.2) is 68.8 Å². The molecule has 6 heteroatoms. The molecule has 0 aromatic heterocycles. The molecule has 2 unspecified atom stereocenters. The van der Waals surface area contributed by atoms with Gasteiger partial charge in [-0.1, -0.05) is 42.5 Å². The van der Waals surface area contributed by atoms with Crippen molar-refractivity contribution in [1.82, 2.24) is 9.80 Å². The SMILES string of the molecule is CC(O)C(=O)c1cccc(CN2CCN(Cc3cccc(C(O)C(C)(C)O)c3)CC2)c1. The molecule has 0 bridgehead atoms. The Morgan fingerprint density at radius 1 is 0.935 bits per heavy atom. The standard InChI is InChI=1S/C25H34N2O4/c1-18(28)23(29)21-8-4-6-19(14-21)16-26-10-12-27(13-11-26)17-20-7-5-9-22(15-20)24(30)25(2,3)31/h4-9,14-15,18,24,28,30-31H,10-13,16-17H2,1-3H3. The number of rotatable bonds is 8. The summed E-state index contributed by atoms with van der Waals surface area (Å²) in [6.45, 7) is 10.0. The summed E-state index contributed by atoms with van der Waals surface area (Å²) in [5, 5.41) is 30.0. The van der Waals surface area contributed by atoms with Gasteiger partial charge in [-0.25, -0.2) is 0 Å². The molecule has 2 aromatic carbocycles. The van der Waals surface area contributed by atoms with E-state index in [2.05, 4.69) is 15.9 Å². The molecule has 3 rings (SSSR count). The average Bonchev–Trinajstić information content (AvgIpc) is 2.73. The average molecular weight is 427 g/mol. The Labute approximate surface area is 184 Å². The lowest BCUT2D eigenvalue weighted by molar-refractivity contribution is -0.0497.